The molecule has 0 saturated heterocycles. The highest BCUT2D eigenvalue weighted by molar-refractivity contribution is 7.25. The summed E-state index contributed by atoms with van der Waals surface area (Å²) in [6, 6.07) is 71.3. The lowest BCUT2D eigenvalue weighted by atomic mass is 9.97. The summed E-state index contributed by atoms with van der Waals surface area (Å²) in [7, 11) is 0. The number of thiophene rings is 1. The first kappa shape index (κ1) is 32.8. The van der Waals surface area contributed by atoms with Gasteiger partial charge in [-0.2, -0.15) is 0 Å². The van der Waals surface area contributed by atoms with Gasteiger partial charge in [0, 0.05) is 42.2 Å². The minimum atomic E-state index is 0.838. The van der Waals surface area contributed by atoms with Gasteiger partial charge in [-0.1, -0.05) is 133 Å². The number of hydrogen-bond acceptors (Lipinski definition) is 4. The fraction of sp³-hybridized carbons (Fsp3) is 0. The van der Waals surface area contributed by atoms with Crippen molar-refractivity contribution in [2.45, 2.75) is 0 Å². The van der Waals surface area contributed by atoms with Gasteiger partial charge >= 0.3 is 0 Å². The van der Waals surface area contributed by atoms with E-state index < -0.39 is 0 Å². The van der Waals surface area contributed by atoms with Crippen LogP contribution in [0.15, 0.2) is 209 Å². The minimum Gasteiger partial charge on any atom is -0.456 e. The molecule has 0 N–H and O–H groups in total. The molecule has 3 nitrogen and oxygen atoms in total. The van der Waals surface area contributed by atoms with Crippen LogP contribution >= 0.6 is 11.3 Å². The van der Waals surface area contributed by atoms with Crippen molar-refractivity contribution in [2.75, 3.05) is 4.90 Å². The van der Waals surface area contributed by atoms with E-state index in [-0.39, 0.29) is 0 Å². The van der Waals surface area contributed by atoms with E-state index in [4.69, 9.17) is 8.83 Å². The summed E-state index contributed by atoms with van der Waals surface area (Å²) >= 11 is 1.84. The van der Waals surface area contributed by atoms with E-state index in [0.29, 0.717) is 0 Å². The van der Waals surface area contributed by atoms with E-state index >= 15 is 0 Å². The summed E-state index contributed by atoms with van der Waals surface area (Å²) in [6.45, 7) is 0. The first-order valence-electron chi connectivity index (χ1n) is 19.6. The van der Waals surface area contributed by atoms with E-state index in [2.05, 4.69) is 205 Å². The summed E-state index contributed by atoms with van der Waals surface area (Å²) in [6.07, 6.45) is 0. The topological polar surface area (TPSA) is 29.5 Å². The van der Waals surface area contributed by atoms with Crippen LogP contribution in [-0.4, -0.2) is 0 Å². The van der Waals surface area contributed by atoms with Gasteiger partial charge < -0.3 is 13.7 Å². The molecule has 3 aromatic heterocycles. The van der Waals surface area contributed by atoms with Crippen LogP contribution in [0.5, 0.6) is 0 Å². The molecule has 9 aromatic carbocycles. The molecule has 0 bridgehead atoms. The van der Waals surface area contributed by atoms with Gasteiger partial charge in [0.1, 0.15) is 22.3 Å². The van der Waals surface area contributed by atoms with Crippen molar-refractivity contribution in [1.29, 1.82) is 0 Å². The molecule has 0 amide bonds. The van der Waals surface area contributed by atoms with Gasteiger partial charge in [-0.25, -0.2) is 0 Å². The average molecular weight is 760 g/mol. The highest BCUT2D eigenvalue weighted by Gasteiger charge is 2.26. The van der Waals surface area contributed by atoms with Gasteiger partial charge in [-0.05, 0) is 94.5 Å². The van der Waals surface area contributed by atoms with Crippen molar-refractivity contribution in [2.24, 2.45) is 0 Å². The van der Waals surface area contributed by atoms with Crippen molar-refractivity contribution in [3.05, 3.63) is 200 Å². The Labute approximate surface area is 338 Å². The molecular weight excluding hydrogens is 727 g/mol. The number of rotatable bonds is 6. The molecule has 0 spiro atoms. The maximum atomic E-state index is 7.05. The van der Waals surface area contributed by atoms with Crippen molar-refractivity contribution < 1.29 is 8.83 Å². The second kappa shape index (κ2) is 13.1. The first-order chi connectivity index (χ1) is 28.8. The van der Waals surface area contributed by atoms with Gasteiger partial charge in [0.15, 0.2) is 0 Å². The summed E-state index contributed by atoms with van der Waals surface area (Å²) in [5.41, 5.74) is 13.2. The fourth-order valence-electron chi connectivity index (χ4n) is 8.86. The van der Waals surface area contributed by atoms with Gasteiger partial charge in [0.2, 0.25) is 0 Å². The number of fused-ring (bicyclic) bond motifs is 9. The zero-order chi connectivity index (χ0) is 38.2. The summed E-state index contributed by atoms with van der Waals surface area (Å²) in [5, 5.41) is 6.76. The van der Waals surface area contributed by atoms with Crippen LogP contribution in [0.25, 0.3) is 97.4 Å². The molecule has 0 atom stereocenters. The maximum Gasteiger partial charge on any atom is 0.145 e. The Morgan fingerprint density at radius 3 is 1.79 bits per heavy atom. The molecule has 0 radical (unpaired) electrons. The molecular formula is C54H33NO2S. The molecule has 58 heavy (non-hydrogen) atoms. The van der Waals surface area contributed by atoms with Crippen molar-refractivity contribution >= 4 is 92.4 Å². The molecule has 4 heteroatoms. The highest BCUT2D eigenvalue weighted by atomic mass is 32.1. The van der Waals surface area contributed by atoms with Crippen LogP contribution < -0.4 is 4.90 Å². The van der Waals surface area contributed by atoms with E-state index in [0.717, 1.165) is 94.3 Å². The normalized spacial score (nSPS) is 11.8. The Bertz CT molecular complexity index is 3510. The van der Waals surface area contributed by atoms with Gasteiger partial charge in [-0.15, -0.1) is 11.3 Å². The summed E-state index contributed by atoms with van der Waals surface area (Å²) in [4.78, 5) is 2.43. The number of anilines is 3. The molecule has 272 valence electrons. The molecule has 0 aliphatic carbocycles. The van der Waals surface area contributed by atoms with Crippen LogP contribution in [-0.2, 0) is 0 Å². The minimum absolute atomic E-state index is 0.838. The Morgan fingerprint density at radius 2 is 1.00 bits per heavy atom. The Morgan fingerprint density at radius 1 is 0.345 bits per heavy atom. The fourth-order valence-corrected chi connectivity index (χ4v) is 9.94. The molecule has 0 saturated carbocycles. The SMILES string of the molecule is c1ccc(-c2ccc3c(c2)oc2c(-c4ccccc4)ccc(N(c4ccc5sc6ccccc6c5c4)c4cccc5oc6cccc(-c7ccccc7)c6c45)c23)cc1. The third kappa shape index (κ3) is 5.12. The van der Waals surface area contributed by atoms with Crippen LogP contribution in [0, 0.1) is 0 Å². The third-order valence-electron chi connectivity index (χ3n) is 11.5. The number of nitrogens with zero attached hydrogens (tertiary/aromatic N) is 1. The van der Waals surface area contributed by atoms with Crippen LogP contribution in [0.3, 0.4) is 0 Å². The van der Waals surface area contributed by atoms with E-state index in [1.54, 1.807) is 0 Å². The Hall–Kier alpha value is -7.40. The van der Waals surface area contributed by atoms with Crippen molar-refractivity contribution in [3.8, 4) is 33.4 Å². The molecule has 0 unspecified atom stereocenters. The predicted octanol–water partition coefficient (Wildman–Crippen LogP) is 16.3. The zero-order valence-electron chi connectivity index (χ0n) is 31.2. The predicted molar refractivity (Wildman–Crippen MR) is 245 cm³/mol. The average Bonchev–Trinajstić information content (AvgIpc) is 3.99. The van der Waals surface area contributed by atoms with Gasteiger partial charge in [0.05, 0.1) is 22.1 Å². The zero-order valence-corrected chi connectivity index (χ0v) is 32.0. The largest absolute Gasteiger partial charge is 0.456 e. The smallest absolute Gasteiger partial charge is 0.145 e. The molecule has 12 rings (SSSR count). The summed E-state index contributed by atoms with van der Waals surface area (Å²) < 4.78 is 16.3. The van der Waals surface area contributed by atoms with Crippen molar-refractivity contribution in [3.63, 3.8) is 0 Å². The Balaban J connectivity index is 1.20. The quantitative estimate of drug-likeness (QED) is 0.169. The number of furan rings is 2. The monoisotopic (exact) mass is 759 g/mol. The first-order valence-corrected chi connectivity index (χ1v) is 20.4. The third-order valence-corrected chi connectivity index (χ3v) is 12.6. The Kier molecular flexibility index (Phi) is 7.40. The van der Waals surface area contributed by atoms with E-state index in [1.165, 1.54) is 20.2 Å². The van der Waals surface area contributed by atoms with Crippen LogP contribution in [0.4, 0.5) is 17.1 Å². The van der Waals surface area contributed by atoms with Crippen LogP contribution in [0.1, 0.15) is 0 Å². The maximum absolute atomic E-state index is 7.05. The standard InChI is InChI=1S/C54H33NO2S/c1-4-14-34(15-5-1)37-26-28-42-48(32-37)57-54-40(36-18-8-3-9-19-36)29-30-45(51(42)54)55(38-27-31-50-43(33-38)41-20-10-11-25-49(41)58-50)44-22-13-24-47-53(44)52-39(21-12-23-46(52)56-47)35-16-6-2-7-17-35/h1-33H. The number of benzene rings is 9. The second-order valence-corrected chi connectivity index (χ2v) is 15.9. The molecule has 0 aliphatic heterocycles. The second-order valence-electron chi connectivity index (χ2n) is 14.8. The van der Waals surface area contributed by atoms with Crippen molar-refractivity contribution in [1.82, 2.24) is 0 Å². The lowest BCUT2D eigenvalue weighted by Crippen LogP contribution is -2.11. The lowest BCUT2D eigenvalue weighted by Gasteiger charge is -2.27. The number of hydrogen-bond donors (Lipinski definition) is 0. The molecule has 12 aromatic rings. The van der Waals surface area contributed by atoms with E-state index in [1.807, 2.05) is 11.3 Å². The van der Waals surface area contributed by atoms with Crippen LogP contribution in [0.2, 0.25) is 0 Å². The van der Waals surface area contributed by atoms with Gasteiger partial charge in [-0.3, -0.25) is 0 Å². The van der Waals surface area contributed by atoms with Gasteiger partial charge in [0.25, 0.3) is 0 Å². The van der Waals surface area contributed by atoms with E-state index in [9.17, 15) is 0 Å². The molecule has 0 aliphatic rings. The molecule has 3 heterocycles. The lowest BCUT2D eigenvalue weighted by molar-refractivity contribution is 0.669. The highest BCUT2D eigenvalue weighted by Crippen LogP contribution is 2.51. The molecule has 0 fully saturated rings. The summed E-state index contributed by atoms with van der Waals surface area (Å²) in [5.74, 6) is 0.